The van der Waals surface area contributed by atoms with E-state index < -0.39 is 20.5 Å². The second-order valence-corrected chi connectivity index (χ2v) is 14.0. The van der Waals surface area contributed by atoms with Crippen LogP contribution in [0.15, 0.2) is 54.6 Å². The first-order valence-corrected chi connectivity index (χ1v) is 13.6. The average molecular weight is 461 g/mol. The Morgan fingerprint density at radius 1 is 0.969 bits per heavy atom. The molecule has 2 aromatic rings. The molecule has 32 heavy (non-hydrogen) atoms. The maximum Gasteiger partial charge on any atom is 0.373 e. The third-order valence-electron chi connectivity index (χ3n) is 5.59. The Morgan fingerprint density at radius 2 is 1.53 bits per heavy atom. The molecule has 2 rings (SSSR count). The quantitative estimate of drug-likeness (QED) is 0.515. The number of hydrogen-bond acceptors (Lipinski definition) is 6. The molecule has 2 atom stereocenters. The smallest absolute Gasteiger partial charge is 0.373 e. The fourth-order valence-electron chi connectivity index (χ4n) is 2.48. The molecule has 0 unspecified atom stereocenters. The molecule has 0 bridgehead atoms. The summed E-state index contributed by atoms with van der Waals surface area (Å²) in [7, 11) is -1.95. The number of aliphatic hydroxyl groups is 1. The lowest BCUT2D eigenvalue weighted by molar-refractivity contribution is -0.191. The predicted octanol–water partition coefficient (Wildman–Crippen LogP) is 4.76. The Morgan fingerprint density at radius 3 is 2.06 bits per heavy atom. The molecule has 0 spiro atoms. The molecule has 7 heteroatoms. The lowest BCUT2D eigenvalue weighted by Gasteiger charge is -2.37. The van der Waals surface area contributed by atoms with Gasteiger partial charge in [0.2, 0.25) is 0 Å². The zero-order chi connectivity index (χ0) is 24.2. The van der Waals surface area contributed by atoms with Crippen LogP contribution in [-0.4, -0.2) is 45.0 Å². The minimum Gasteiger partial charge on any atom is -0.491 e. The van der Waals surface area contributed by atoms with Crippen molar-refractivity contribution in [3.05, 3.63) is 65.7 Å². The molecule has 176 valence electrons. The Bertz CT molecular complexity index is 809. The molecule has 0 saturated heterocycles. The van der Waals surface area contributed by atoms with E-state index in [1.165, 1.54) is 5.56 Å². The zero-order valence-electron chi connectivity index (χ0n) is 20.0. The van der Waals surface area contributed by atoms with Crippen molar-refractivity contribution in [1.29, 1.82) is 0 Å². The summed E-state index contributed by atoms with van der Waals surface area (Å²) in [6, 6.07) is 17.8. The van der Waals surface area contributed by atoms with Crippen LogP contribution in [0.2, 0.25) is 18.1 Å². The fraction of sp³-hybridized carbons (Fsp3) is 0.480. The van der Waals surface area contributed by atoms with Crippen molar-refractivity contribution in [3.63, 3.8) is 0 Å². The predicted molar refractivity (Wildman–Crippen MR) is 126 cm³/mol. The number of hydrogen-bond donors (Lipinski definition) is 1. The van der Waals surface area contributed by atoms with Gasteiger partial charge >= 0.3 is 6.15 Å². The highest BCUT2D eigenvalue weighted by Gasteiger charge is 2.38. The largest absolute Gasteiger partial charge is 0.491 e. The molecule has 0 aliphatic carbocycles. The highest BCUT2D eigenvalue weighted by molar-refractivity contribution is 6.74. The summed E-state index contributed by atoms with van der Waals surface area (Å²) >= 11 is 0. The van der Waals surface area contributed by atoms with E-state index >= 15 is 0 Å². The van der Waals surface area contributed by atoms with Crippen molar-refractivity contribution in [3.8, 4) is 5.75 Å². The highest BCUT2D eigenvalue weighted by atomic mass is 28.4. The van der Waals surface area contributed by atoms with Gasteiger partial charge in [-0.15, -0.1) is 0 Å². The molecule has 0 aliphatic rings. The molecular weight excluding hydrogens is 424 g/mol. The summed E-state index contributed by atoms with van der Waals surface area (Å²) in [6.07, 6.45) is -1.00. The summed E-state index contributed by atoms with van der Waals surface area (Å²) in [5.74, 6) is 0.738. The number of aliphatic hydroxyl groups excluding tert-OH is 1. The van der Waals surface area contributed by atoms with Gasteiger partial charge in [0.1, 0.15) is 24.6 Å². The second-order valence-electron chi connectivity index (χ2n) is 9.18. The maximum absolute atomic E-state index is 10.8. The Hall–Kier alpha value is -2.28. The van der Waals surface area contributed by atoms with E-state index in [0.717, 1.165) is 11.3 Å². The minimum absolute atomic E-state index is 0.0976. The first kappa shape index (κ1) is 27.8. The van der Waals surface area contributed by atoms with Gasteiger partial charge in [-0.3, -0.25) is 0 Å². The molecule has 0 fully saturated rings. The van der Waals surface area contributed by atoms with Crippen LogP contribution < -0.4 is 4.74 Å². The van der Waals surface area contributed by atoms with Crippen molar-refractivity contribution in [2.45, 2.75) is 64.6 Å². The van der Waals surface area contributed by atoms with Gasteiger partial charge in [-0.05, 0) is 42.8 Å². The van der Waals surface area contributed by atoms with Crippen LogP contribution in [-0.2, 0) is 25.4 Å². The second kappa shape index (κ2) is 13.3. The number of ether oxygens (including phenoxy) is 2. The van der Waals surface area contributed by atoms with E-state index in [1.54, 1.807) is 0 Å². The molecular formula is C25H36O6Si. The summed E-state index contributed by atoms with van der Waals surface area (Å²) < 4.78 is 18.2. The average Bonchev–Trinajstić information content (AvgIpc) is 2.73. The fourth-order valence-corrected chi connectivity index (χ4v) is 3.49. The number of rotatable bonds is 10. The minimum atomic E-state index is -1.95. The van der Waals surface area contributed by atoms with Crippen LogP contribution in [0.25, 0.3) is 0 Å². The van der Waals surface area contributed by atoms with Gasteiger partial charge in [-0.1, -0.05) is 68.8 Å². The Kier molecular flexibility index (Phi) is 11.5. The molecule has 0 radical (unpaired) electrons. The summed E-state index contributed by atoms with van der Waals surface area (Å²) in [4.78, 5) is 16.2. The standard InChI is InChI=1S/C24H36O4Si.CO2/c1-19-12-14-21(15-13-19)26-17-22(25)23(18-28-29(5,6)24(2,3)4)27-16-20-10-8-7-9-11-20;2-1-3/h7-15,22-23,25H,16-18H2,1-6H3;/t22-,23+;/m1./s1. The monoisotopic (exact) mass is 460 g/mol. The van der Waals surface area contributed by atoms with E-state index in [4.69, 9.17) is 23.5 Å². The van der Waals surface area contributed by atoms with Gasteiger partial charge in [0.25, 0.3) is 0 Å². The van der Waals surface area contributed by atoms with E-state index in [-0.39, 0.29) is 17.8 Å². The van der Waals surface area contributed by atoms with Crippen molar-refractivity contribution >= 4 is 14.5 Å². The van der Waals surface area contributed by atoms with Crippen molar-refractivity contribution in [2.24, 2.45) is 0 Å². The Balaban J connectivity index is 0.00000161. The lowest BCUT2D eigenvalue weighted by atomic mass is 10.2. The van der Waals surface area contributed by atoms with E-state index in [1.807, 2.05) is 61.5 Å². The highest BCUT2D eigenvalue weighted by Crippen LogP contribution is 2.36. The molecule has 0 aliphatic heterocycles. The van der Waals surface area contributed by atoms with Gasteiger partial charge in [-0.25, -0.2) is 0 Å². The normalized spacial score (nSPS) is 13.3. The van der Waals surface area contributed by atoms with Crippen LogP contribution >= 0.6 is 0 Å². The van der Waals surface area contributed by atoms with Crippen LogP contribution in [0, 0.1) is 6.92 Å². The van der Waals surface area contributed by atoms with Crippen LogP contribution in [0.1, 0.15) is 31.9 Å². The van der Waals surface area contributed by atoms with Crippen LogP contribution in [0.3, 0.4) is 0 Å². The van der Waals surface area contributed by atoms with E-state index in [0.29, 0.717) is 13.2 Å². The molecule has 2 aromatic carbocycles. The van der Waals surface area contributed by atoms with Gasteiger partial charge in [0, 0.05) is 0 Å². The van der Waals surface area contributed by atoms with Crippen molar-refractivity contribution in [2.75, 3.05) is 13.2 Å². The summed E-state index contributed by atoms with van der Waals surface area (Å²) in [6.45, 7) is 14.0. The Labute approximate surface area is 192 Å². The van der Waals surface area contributed by atoms with E-state index in [9.17, 15) is 5.11 Å². The molecule has 1 N–H and O–H groups in total. The van der Waals surface area contributed by atoms with Crippen molar-refractivity contribution in [1.82, 2.24) is 0 Å². The summed E-state index contributed by atoms with van der Waals surface area (Å²) in [5, 5.41) is 10.9. The lowest BCUT2D eigenvalue weighted by Crippen LogP contribution is -2.46. The maximum atomic E-state index is 10.8. The topological polar surface area (TPSA) is 82.1 Å². The third kappa shape index (κ3) is 9.89. The third-order valence-corrected chi connectivity index (χ3v) is 10.1. The van der Waals surface area contributed by atoms with Crippen molar-refractivity contribution < 1.29 is 28.6 Å². The van der Waals surface area contributed by atoms with Gasteiger partial charge in [0.05, 0.1) is 13.2 Å². The molecule has 0 saturated carbocycles. The van der Waals surface area contributed by atoms with Gasteiger partial charge in [0.15, 0.2) is 8.32 Å². The first-order chi connectivity index (χ1) is 15.0. The van der Waals surface area contributed by atoms with Gasteiger partial charge in [-0.2, -0.15) is 9.59 Å². The van der Waals surface area contributed by atoms with E-state index in [2.05, 4.69) is 33.9 Å². The number of aryl methyl sites for hydroxylation is 1. The SMILES string of the molecule is Cc1ccc(OC[C@@H](O)[C@H](CO[Si](C)(C)C(C)(C)C)OCc2ccccc2)cc1.O=C=O. The molecule has 0 aromatic heterocycles. The molecule has 0 amide bonds. The number of benzene rings is 2. The summed E-state index contributed by atoms with van der Waals surface area (Å²) in [5.41, 5.74) is 2.24. The molecule has 0 heterocycles. The zero-order valence-corrected chi connectivity index (χ0v) is 21.0. The number of carbonyl (C=O) groups excluding carboxylic acids is 2. The van der Waals surface area contributed by atoms with Gasteiger partial charge < -0.3 is 19.0 Å². The van der Waals surface area contributed by atoms with Crippen LogP contribution in [0.5, 0.6) is 5.75 Å². The first-order valence-electron chi connectivity index (χ1n) is 10.7. The van der Waals surface area contributed by atoms with Crippen LogP contribution in [0.4, 0.5) is 0 Å². The molecule has 6 nitrogen and oxygen atoms in total.